The number of hydrogen-bond donors (Lipinski definition) is 2. The van der Waals surface area contributed by atoms with Crippen LogP contribution in [0.2, 0.25) is 0 Å². The maximum atomic E-state index is 14.3. The summed E-state index contributed by atoms with van der Waals surface area (Å²) in [6.07, 6.45) is 1.92. The van der Waals surface area contributed by atoms with Crippen LogP contribution in [-0.2, 0) is 4.74 Å². The van der Waals surface area contributed by atoms with E-state index in [4.69, 9.17) is 9.47 Å². The molecule has 3 amide bonds. The van der Waals surface area contributed by atoms with Crippen molar-refractivity contribution in [2.24, 2.45) is 5.92 Å². The van der Waals surface area contributed by atoms with Gasteiger partial charge in [-0.1, -0.05) is 43.3 Å². The average molecular weight is 616 g/mol. The van der Waals surface area contributed by atoms with Crippen molar-refractivity contribution in [3.63, 3.8) is 0 Å². The molecule has 1 aliphatic rings. The highest BCUT2D eigenvalue weighted by molar-refractivity contribution is 6.05. The van der Waals surface area contributed by atoms with E-state index in [1.54, 1.807) is 78.4 Å². The van der Waals surface area contributed by atoms with Crippen LogP contribution in [-0.4, -0.2) is 84.2 Å². The number of hydrogen-bond acceptors (Lipinski definition) is 6. The van der Waals surface area contributed by atoms with Crippen molar-refractivity contribution in [1.29, 1.82) is 0 Å². The zero-order valence-electron chi connectivity index (χ0n) is 26.6. The summed E-state index contributed by atoms with van der Waals surface area (Å²) in [6.45, 7) is 6.64. The number of fused-ring (bicyclic) bond motifs is 1. The largest absolute Gasteiger partial charge is 0.490 e. The van der Waals surface area contributed by atoms with Crippen LogP contribution >= 0.6 is 0 Å². The Balaban J connectivity index is 1.63. The minimum atomic E-state index is -0.509. The Hall–Kier alpha value is -4.21. The van der Waals surface area contributed by atoms with Gasteiger partial charge in [-0.3, -0.25) is 14.4 Å². The van der Waals surface area contributed by atoms with Crippen LogP contribution in [0.5, 0.6) is 5.75 Å². The van der Waals surface area contributed by atoms with Gasteiger partial charge in [-0.15, -0.1) is 0 Å². The van der Waals surface area contributed by atoms with Crippen LogP contribution < -0.4 is 10.1 Å². The van der Waals surface area contributed by atoms with Gasteiger partial charge in [0.25, 0.3) is 17.7 Å². The van der Waals surface area contributed by atoms with Crippen LogP contribution in [0.25, 0.3) is 0 Å². The monoisotopic (exact) mass is 615 g/mol. The smallest absolute Gasteiger partial charge is 0.258 e. The highest BCUT2D eigenvalue weighted by atomic mass is 16.5. The molecular weight excluding hydrogens is 570 g/mol. The Bertz CT molecular complexity index is 1420. The fourth-order valence-electron chi connectivity index (χ4n) is 5.41. The normalized spacial score (nSPS) is 20.2. The average Bonchev–Trinajstić information content (AvgIpc) is 3.06. The lowest BCUT2D eigenvalue weighted by atomic mass is 10.0. The number of amides is 3. The molecule has 45 heavy (non-hydrogen) atoms. The third kappa shape index (κ3) is 9.15. The number of carbonyl (C=O) groups excluding carboxylic acids is 3. The lowest BCUT2D eigenvalue weighted by molar-refractivity contribution is -0.0149. The first-order valence-electron chi connectivity index (χ1n) is 15.7. The molecule has 1 aliphatic heterocycles. The number of nitrogens with one attached hydrogen (secondary N) is 1. The second-order valence-corrected chi connectivity index (χ2v) is 11.9. The maximum Gasteiger partial charge on any atom is 0.258 e. The van der Waals surface area contributed by atoms with Crippen molar-refractivity contribution >= 4 is 23.4 Å². The van der Waals surface area contributed by atoms with Crippen LogP contribution in [0.4, 0.5) is 5.69 Å². The van der Waals surface area contributed by atoms with E-state index in [1.807, 2.05) is 38.1 Å². The first-order chi connectivity index (χ1) is 21.7. The number of ether oxygens (including phenoxy) is 2. The Morgan fingerprint density at radius 2 is 1.67 bits per heavy atom. The van der Waals surface area contributed by atoms with Gasteiger partial charge in [-0.2, -0.15) is 0 Å². The van der Waals surface area contributed by atoms with Crippen LogP contribution in [0.1, 0.15) is 71.1 Å². The number of aliphatic hydroxyl groups is 1. The molecule has 0 bridgehead atoms. The third-order valence-corrected chi connectivity index (χ3v) is 8.17. The molecule has 0 radical (unpaired) electrons. The Kier molecular flexibility index (Phi) is 12.1. The van der Waals surface area contributed by atoms with E-state index in [1.165, 1.54) is 0 Å². The quantitative estimate of drug-likeness (QED) is 0.363. The van der Waals surface area contributed by atoms with E-state index in [9.17, 15) is 19.5 Å². The second-order valence-electron chi connectivity index (χ2n) is 11.9. The number of likely N-dealkylation sites (N-methyl/N-ethyl adjacent to an activating group) is 1. The molecule has 9 heteroatoms. The molecule has 2 N–H and O–H groups in total. The minimum Gasteiger partial charge on any atom is -0.490 e. The molecule has 0 saturated heterocycles. The van der Waals surface area contributed by atoms with Crippen molar-refractivity contribution in [2.75, 3.05) is 38.7 Å². The predicted molar refractivity (Wildman–Crippen MR) is 175 cm³/mol. The van der Waals surface area contributed by atoms with Crippen molar-refractivity contribution in [3.05, 3.63) is 95.6 Å². The number of rotatable bonds is 7. The summed E-state index contributed by atoms with van der Waals surface area (Å²) in [5.74, 6) is -0.479. The molecule has 0 saturated carbocycles. The van der Waals surface area contributed by atoms with Gasteiger partial charge in [0.05, 0.1) is 30.4 Å². The highest BCUT2D eigenvalue weighted by Gasteiger charge is 2.31. The SMILES string of the molecule is C[C@@H]1CCCCO[C@H](CN(C)C(=O)c2ccccc2)[C@H](C)CN([C@@H](C)CO)C(=O)c2cc(NC(=O)c3ccccc3)ccc2O1. The molecule has 0 spiro atoms. The minimum absolute atomic E-state index is 0.104. The fourth-order valence-corrected chi connectivity index (χ4v) is 5.41. The van der Waals surface area contributed by atoms with E-state index in [0.717, 1.165) is 19.3 Å². The second kappa shape index (κ2) is 16.2. The Morgan fingerprint density at radius 3 is 2.33 bits per heavy atom. The summed E-state index contributed by atoms with van der Waals surface area (Å²) in [4.78, 5) is 43.7. The van der Waals surface area contributed by atoms with Gasteiger partial charge in [0.15, 0.2) is 0 Å². The number of carbonyl (C=O) groups is 3. The van der Waals surface area contributed by atoms with E-state index in [0.29, 0.717) is 41.3 Å². The molecule has 0 unspecified atom stereocenters. The summed E-state index contributed by atoms with van der Waals surface area (Å²) in [5.41, 5.74) is 1.85. The molecule has 240 valence electrons. The highest BCUT2D eigenvalue weighted by Crippen LogP contribution is 2.29. The third-order valence-electron chi connectivity index (χ3n) is 8.17. The molecule has 3 aromatic carbocycles. The number of benzene rings is 3. The maximum absolute atomic E-state index is 14.3. The molecule has 0 fully saturated rings. The zero-order chi connectivity index (χ0) is 32.3. The van der Waals surface area contributed by atoms with E-state index < -0.39 is 6.04 Å². The van der Waals surface area contributed by atoms with E-state index in [-0.39, 0.29) is 49.0 Å². The van der Waals surface area contributed by atoms with Gasteiger partial charge < -0.3 is 29.7 Å². The Labute approximate surface area is 266 Å². The van der Waals surface area contributed by atoms with Gasteiger partial charge >= 0.3 is 0 Å². The van der Waals surface area contributed by atoms with Gasteiger partial charge in [0.2, 0.25) is 0 Å². The zero-order valence-corrected chi connectivity index (χ0v) is 26.6. The van der Waals surface area contributed by atoms with Gasteiger partial charge in [0, 0.05) is 49.5 Å². The van der Waals surface area contributed by atoms with Crippen LogP contribution in [0.15, 0.2) is 78.9 Å². The molecule has 0 aliphatic carbocycles. The van der Waals surface area contributed by atoms with Crippen LogP contribution in [0.3, 0.4) is 0 Å². The summed E-state index contributed by atoms with van der Waals surface area (Å²) >= 11 is 0. The number of aliphatic hydroxyl groups excluding tert-OH is 1. The lowest BCUT2D eigenvalue weighted by Crippen LogP contribution is -2.48. The topological polar surface area (TPSA) is 108 Å². The fraction of sp³-hybridized carbons (Fsp3) is 0.417. The molecule has 9 nitrogen and oxygen atoms in total. The standard InChI is InChI=1S/C36H45N3O6/c1-25-22-39(26(2)24-40)36(43)31-21-30(37-34(41)28-14-7-5-8-15-28)18-19-32(31)45-27(3)13-11-12-20-44-33(25)23-38(4)35(42)29-16-9-6-10-17-29/h5-10,14-19,21,25-27,33,40H,11-13,20,22-24H2,1-4H3,(H,37,41)/t25-,26+,27-,33-/m1/s1. The molecule has 4 rings (SSSR count). The van der Waals surface area contributed by atoms with Gasteiger partial charge in [0.1, 0.15) is 5.75 Å². The van der Waals surface area contributed by atoms with Crippen molar-refractivity contribution < 1.29 is 29.0 Å². The predicted octanol–water partition coefficient (Wildman–Crippen LogP) is 5.51. The molecule has 0 aromatic heterocycles. The lowest BCUT2D eigenvalue weighted by Gasteiger charge is -2.36. The van der Waals surface area contributed by atoms with E-state index in [2.05, 4.69) is 5.32 Å². The summed E-state index contributed by atoms with van der Waals surface area (Å²) < 4.78 is 12.7. The van der Waals surface area contributed by atoms with Crippen molar-refractivity contribution in [1.82, 2.24) is 9.80 Å². The van der Waals surface area contributed by atoms with Gasteiger partial charge in [-0.25, -0.2) is 0 Å². The summed E-state index contributed by atoms with van der Waals surface area (Å²) in [6, 6.07) is 22.6. The van der Waals surface area contributed by atoms with Crippen molar-refractivity contribution in [3.8, 4) is 5.75 Å². The Morgan fingerprint density at radius 1 is 1.00 bits per heavy atom. The first-order valence-corrected chi connectivity index (χ1v) is 15.7. The van der Waals surface area contributed by atoms with E-state index >= 15 is 0 Å². The molecule has 3 aromatic rings. The summed E-state index contributed by atoms with van der Waals surface area (Å²) in [7, 11) is 1.76. The van der Waals surface area contributed by atoms with Crippen molar-refractivity contribution in [2.45, 2.75) is 58.3 Å². The molecular formula is C36H45N3O6. The van der Waals surface area contributed by atoms with Gasteiger partial charge in [-0.05, 0) is 75.6 Å². The number of anilines is 1. The molecule has 4 atom stereocenters. The summed E-state index contributed by atoms with van der Waals surface area (Å²) in [5, 5.41) is 13.1. The molecule has 1 heterocycles. The van der Waals surface area contributed by atoms with Crippen LogP contribution in [0, 0.1) is 5.92 Å². The number of nitrogens with zero attached hydrogens (tertiary/aromatic N) is 2. The first kappa shape index (κ1) is 33.7.